The van der Waals surface area contributed by atoms with Gasteiger partial charge >= 0.3 is 5.97 Å². The van der Waals surface area contributed by atoms with E-state index >= 15 is 0 Å². The first-order valence-corrected chi connectivity index (χ1v) is 10.7. The highest BCUT2D eigenvalue weighted by Crippen LogP contribution is 2.27. The second kappa shape index (κ2) is 11.9. The van der Waals surface area contributed by atoms with Gasteiger partial charge in [0.2, 0.25) is 5.91 Å². The molecule has 36 heavy (non-hydrogen) atoms. The number of anilines is 2. The molecule has 0 aliphatic carbocycles. The van der Waals surface area contributed by atoms with Crippen LogP contribution in [0, 0.1) is 17.0 Å². The number of amides is 2. The second-order valence-electron chi connectivity index (χ2n) is 7.49. The van der Waals surface area contributed by atoms with E-state index in [4.69, 9.17) is 9.47 Å². The van der Waals surface area contributed by atoms with Crippen molar-refractivity contribution in [2.24, 2.45) is 0 Å². The molecule has 0 radical (unpaired) electrons. The predicted octanol–water partition coefficient (Wildman–Crippen LogP) is 4.36. The lowest BCUT2D eigenvalue weighted by Crippen LogP contribution is -2.22. The molecule has 0 fully saturated rings. The minimum Gasteiger partial charge on any atom is -0.497 e. The summed E-state index contributed by atoms with van der Waals surface area (Å²) in [5.41, 5.74) is 1.25. The summed E-state index contributed by atoms with van der Waals surface area (Å²) in [6.45, 7) is 0.931. The normalized spacial score (nSPS) is 10.5. The van der Waals surface area contributed by atoms with E-state index in [0.717, 1.165) is 5.56 Å². The molecule has 10 nitrogen and oxygen atoms in total. The molecular weight excluding hydrogens is 466 g/mol. The van der Waals surface area contributed by atoms with Gasteiger partial charge in [0.1, 0.15) is 11.4 Å². The van der Waals surface area contributed by atoms with E-state index < -0.39 is 29.3 Å². The van der Waals surface area contributed by atoms with Crippen molar-refractivity contribution in [2.45, 2.75) is 6.92 Å². The Morgan fingerprint density at radius 2 is 1.69 bits per heavy atom. The molecule has 0 saturated heterocycles. The predicted molar refractivity (Wildman–Crippen MR) is 134 cm³/mol. The zero-order valence-electron chi connectivity index (χ0n) is 19.5. The van der Waals surface area contributed by atoms with Gasteiger partial charge in [-0.15, -0.1) is 0 Å². The van der Waals surface area contributed by atoms with Crippen LogP contribution in [-0.2, 0) is 14.3 Å². The van der Waals surface area contributed by atoms with Gasteiger partial charge in [-0.2, -0.15) is 0 Å². The van der Waals surface area contributed by atoms with Crippen LogP contribution in [0.15, 0.2) is 72.8 Å². The molecule has 184 valence electrons. The van der Waals surface area contributed by atoms with Gasteiger partial charge in [-0.3, -0.25) is 19.7 Å². The van der Waals surface area contributed by atoms with E-state index in [1.54, 1.807) is 62.6 Å². The van der Waals surface area contributed by atoms with E-state index in [1.807, 2.05) is 0 Å². The van der Waals surface area contributed by atoms with Crippen molar-refractivity contribution in [2.75, 3.05) is 24.4 Å². The summed E-state index contributed by atoms with van der Waals surface area (Å²) < 4.78 is 10.2. The first-order chi connectivity index (χ1) is 17.3. The fraction of sp³-hybridized carbons (Fsp3) is 0.115. The number of nitrogens with zero attached hydrogens (tertiary/aromatic N) is 1. The topological polar surface area (TPSA) is 137 Å². The van der Waals surface area contributed by atoms with Gasteiger partial charge in [0.25, 0.3) is 11.6 Å². The molecule has 2 amide bonds. The zero-order chi connectivity index (χ0) is 26.1. The number of carbonyl (C=O) groups excluding carboxylic acids is 3. The minimum absolute atomic E-state index is 0.0276. The minimum atomic E-state index is -0.848. The molecule has 0 unspecified atom stereocenters. The third kappa shape index (κ3) is 6.76. The smallest absolute Gasteiger partial charge is 0.340 e. The molecule has 10 heteroatoms. The van der Waals surface area contributed by atoms with Crippen LogP contribution in [0.4, 0.5) is 17.1 Å². The number of esters is 1. The lowest BCUT2D eigenvalue weighted by molar-refractivity contribution is -0.384. The van der Waals surface area contributed by atoms with Crippen molar-refractivity contribution < 1.29 is 28.8 Å². The van der Waals surface area contributed by atoms with E-state index in [1.165, 1.54) is 30.3 Å². The Morgan fingerprint density at radius 1 is 0.972 bits per heavy atom. The summed E-state index contributed by atoms with van der Waals surface area (Å²) in [6.07, 6.45) is 2.91. The van der Waals surface area contributed by atoms with Gasteiger partial charge in [0, 0.05) is 12.1 Å². The molecule has 3 rings (SSSR count). The number of para-hydroxylation sites is 2. The Kier molecular flexibility index (Phi) is 8.49. The summed E-state index contributed by atoms with van der Waals surface area (Å²) in [5, 5.41) is 16.2. The Bertz CT molecular complexity index is 1320. The van der Waals surface area contributed by atoms with Gasteiger partial charge in [0.15, 0.2) is 6.61 Å². The second-order valence-corrected chi connectivity index (χ2v) is 7.49. The van der Waals surface area contributed by atoms with Gasteiger partial charge in [-0.05, 0) is 48.4 Å². The van der Waals surface area contributed by atoms with Crippen LogP contribution in [-0.4, -0.2) is 36.4 Å². The van der Waals surface area contributed by atoms with Crippen LogP contribution in [0.25, 0.3) is 6.08 Å². The van der Waals surface area contributed by atoms with Crippen molar-refractivity contribution in [3.05, 3.63) is 99.6 Å². The van der Waals surface area contributed by atoms with Crippen LogP contribution in [0.3, 0.4) is 0 Å². The van der Waals surface area contributed by atoms with Crippen LogP contribution in [0.1, 0.15) is 21.5 Å². The average Bonchev–Trinajstić information content (AvgIpc) is 2.87. The monoisotopic (exact) mass is 489 g/mol. The molecule has 0 heterocycles. The molecule has 0 aliphatic rings. The number of aryl methyl sites for hydroxylation is 1. The molecule has 3 aromatic rings. The van der Waals surface area contributed by atoms with Gasteiger partial charge in [-0.25, -0.2) is 4.79 Å². The highest BCUT2D eigenvalue weighted by Gasteiger charge is 2.20. The molecule has 3 aromatic carbocycles. The molecule has 0 atom stereocenters. The number of ether oxygens (including phenoxy) is 2. The average molecular weight is 489 g/mol. The van der Waals surface area contributed by atoms with E-state index in [9.17, 15) is 24.5 Å². The van der Waals surface area contributed by atoms with Crippen molar-refractivity contribution >= 4 is 40.9 Å². The number of nitrogens with one attached hydrogen (secondary N) is 2. The van der Waals surface area contributed by atoms with Crippen molar-refractivity contribution in [3.63, 3.8) is 0 Å². The van der Waals surface area contributed by atoms with Crippen LogP contribution >= 0.6 is 0 Å². The standard InChI is InChI=1S/C26H23N3O7/c1-17-6-5-9-22(29(33)34)25(17)28-24(31)16-36-26(32)20-7-3-4-8-21(20)27-23(30)15-12-18-10-13-19(35-2)14-11-18/h3-15H,16H2,1-2H3,(H,27,30)(H,28,31)/b15-12+. The zero-order valence-corrected chi connectivity index (χ0v) is 19.5. The van der Waals surface area contributed by atoms with Crippen LogP contribution in [0.2, 0.25) is 0 Å². The number of hydrogen-bond acceptors (Lipinski definition) is 7. The lowest BCUT2D eigenvalue weighted by Gasteiger charge is -2.11. The third-order valence-corrected chi connectivity index (χ3v) is 4.99. The molecule has 0 aliphatic heterocycles. The summed E-state index contributed by atoms with van der Waals surface area (Å²) in [5.74, 6) is -1.38. The highest BCUT2D eigenvalue weighted by molar-refractivity contribution is 6.07. The number of nitro benzene ring substituents is 1. The van der Waals surface area contributed by atoms with E-state index in [2.05, 4.69) is 10.6 Å². The molecular formula is C26H23N3O7. The summed E-state index contributed by atoms with van der Waals surface area (Å²) >= 11 is 0. The number of hydrogen-bond donors (Lipinski definition) is 2. The third-order valence-electron chi connectivity index (χ3n) is 4.99. The van der Waals surface area contributed by atoms with Gasteiger partial charge < -0.3 is 20.1 Å². The molecule has 0 aromatic heterocycles. The van der Waals surface area contributed by atoms with Crippen molar-refractivity contribution in [1.29, 1.82) is 0 Å². The molecule has 0 saturated carbocycles. The maximum Gasteiger partial charge on any atom is 0.340 e. The van der Waals surface area contributed by atoms with E-state index in [-0.39, 0.29) is 22.6 Å². The first-order valence-electron chi connectivity index (χ1n) is 10.7. The fourth-order valence-corrected chi connectivity index (χ4v) is 3.18. The SMILES string of the molecule is COc1ccc(/C=C/C(=O)Nc2ccccc2C(=O)OCC(=O)Nc2c(C)cccc2[N+](=O)[O-])cc1. The number of benzene rings is 3. The van der Waals surface area contributed by atoms with Crippen LogP contribution < -0.4 is 15.4 Å². The summed E-state index contributed by atoms with van der Waals surface area (Å²) in [7, 11) is 1.56. The number of nitro groups is 1. The fourth-order valence-electron chi connectivity index (χ4n) is 3.18. The summed E-state index contributed by atoms with van der Waals surface area (Å²) in [6, 6.07) is 17.6. The maximum absolute atomic E-state index is 12.6. The number of methoxy groups -OCH3 is 1. The Hall–Kier alpha value is -4.99. The van der Waals surface area contributed by atoms with Crippen molar-refractivity contribution in [1.82, 2.24) is 0 Å². The Balaban J connectivity index is 1.62. The Labute approximate surface area is 206 Å². The molecule has 0 spiro atoms. The van der Waals surface area contributed by atoms with Gasteiger partial charge in [-0.1, -0.05) is 36.4 Å². The summed E-state index contributed by atoms with van der Waals surface area (Å²) in [4.78, 5) is 47.9. The van der Waals surface area contributed by atoms with Gasteiger partial charge in [0.05, 0.1) is 23.3 Å². The largest absolute Gasteiger partial charge is 0.497 e. The Morgan fingerprint density at radius 3 is 2.39 bits per heavy atom. The quantitative estimate of drug-likeness (QED) is 0.197. The maximum atomic E-state index is 12.6. The van der Waals surface area contributed by atoms with Crippen molar-refractivity contribution in [3.8, 4) is 5.75 Å². The van der Waals surface area contributed by atoms with E-state index in [0.29, 0.717) is 11.3 Å². The molecule has 2 N–H and O–H groups in total. The number of carbonyl (C=O) groups is 3. The number of rotatable bonds is 9. The highest BCUT2D eigenvalue weighted by atomic mass is 16.6. The first kappa shape index (κ1) is 25.6. The molecule has 0 bridgehead atoms. The lowest BCUT2D eigenvalue weighted by atomic mass is 10.1. The van der Waals surface area contributed by atoms with Crippen LogP contribution in [0.5, 0.6) is 5.75 Å².